The highest BCUT2D eigenvalue weighted by Crippen LogP contribution is 2.59. The molecule has 2 rings (SSSR count). The molecule has 0 aromatic carbocycles. The van der Waals surface area contributed by atoms with E-state index in [1.165, 1.54) is 6.08 Å². The Balaban J connectivity index is 2.59. The summed E-state index contributed by atoms with van der Waals surface area (Å²) in [5.41, 5.74) is -0.324. The summed E-state index contributed by atoms with van der Waals surface area (Å²) in [4.78, 5) is 23.4. The number of carboxylic acids is 1. The van der Waals surface area contributed by atoms with Crippen molar-refractivity contribution in [3.8, 4) is 18.4 Å². The Morgan fingerprint density at radius 2 is 2.21 bits per heavy atom. The van der Waals surface area contributed by atoms with Gasteiger partial charge in [0.2, 0.25) is 0 Å². The molecule has 4 nitrogen and oxygen atoms in total. The molecule has 126 valence electrons. The zero-order valence-corrected chi connectivity index (χ0v) is 14.4. The molecule has 0 aromatic heterocycles. The van der Waals surface area contributed by atoms with E-state index in [0.29, 0.717) is 18.8 Å². The molecule has 1 fully saturated rings. The van der Waals surface area contributed by atoms with Crippen molar-refractivity contribution < 1.29 is 14.7 Å². The van der Waals surface area contributed by atoms with Gasteiger partial charge in [-0.15, -0.1) is 6.42 Å². The number of terminal acetylenes is 1. The lowest BCUT2D eigenvalue weighted by Crippen LogP contribution is -2.46. The Morgan fingerprint density at radius 3 is 2.71 bits per heavy atom. The molecule has 1 N–H and O–H groups in total. The predicted molar refractivity (Wildman–Crippen MR) is 90.6 cm³/mol. The number of hydrogen-bond donors (Lipinski definition) is 1. The number of nitriles is 1. The second kappa shape index (κ2) is 6.29. The molecule has 0 saturated heterocycles. The average molecular weight is 325 g/mol. The molecule has 0 unspecified atom stereocenters. The first-order valence-corrected chi connectivity index (χ1v) is 8.29. The molecule has 1 saturated carbocycles. The maximum atomic E-state index is 12.3. The molecule has 0 spiro atoms. The van der Waals surface area contributed by atoms with Crippen molar-refractivity contribution in [2.24, 2.45) is 22.7 Å². The number of allylic oxidation sites excluding steroid dienone is 4. The minimum Gasteiger partial charge on any atom is -0.481 e. The van der Waals surface area contributed by atoms with Crippen molar-refractivity contribution in [2.45, 2.75) is 46.5 Å². The fourth-order valence-corrected chi connectivity index (χ4v) is 4.55. The number of ketones is 1. The molecular formula is C20H23NO3. The highest BCUT2D eigenvalue weighted by Gasteiger charge is 2.52. The number of nitrogens with zero attached hydrogens (tertiary/aromatic N) is 1. The molecule has 2 aliphatic carbocycles. The van der Waals surface area contributed by atoms with Crippen LogP contribution in [0.5, 0.6) is 0 Å². The quantitative estimate of drug-likeness (QED) is 0.802. The smallest absolute Gasteiger partial charge is 0.303 e. The Labute approximate surface area is 143 Å². The summed E-state index contributed by atoms with van der Waals surface area (Å²) in [6.45, 7) is 6.26. The molecular weight excluding hydrogens is 302 g/mol. The van der Waals surface area contributed by atoms with Crippen LogP contribution in [0.2, 0.25) is 0 Å². The zero-order chi connectivity index (χ0) is 18.1. The van der Waals surface area contributed by atoms with Crippen LogP contribution in [0.15, 0.2) is 23.3 Å². The molecule has 0 aromatic rings. The van der Waals surface area contributed by atoms with E-state index >= 15 is 0 Å². The lowest BCUT2D eigenvalue weighted by molar-refractivity contribution is -0.137. The SMILES string of the molecule is C#C[C@]12C=C(C#N)C(=O)C=C1[C@@](C)(CCC(=O)O)[C@H](C(C)C)CC2. The standard InChI is InChI=1S/C20H23NO3/c1-5-20-9-6-15(13(2)3)19(4,8-7-18(23)24)17(20)10-16(22)14(11-20)12-21/h1,10-11,13,15H,6-9H2,2-4H3,(H,23,24)/t15-,19-,20-/m0/s1. The summed E-state index contributed by atoms with van der Waals surface area (Å²) >= 11 is 0. The van der Waals surface area contributed by atoms with Crippen LogP contribution in [0.1, 0.15) is 46.5 Å². The van der Waals surface area contributed by atoms with E-state index in [1.807, 2.05) is 13.0 Å². The van der Waals surface area contributed by atoms with Crippen molar-refractivity contribution >= 4 is 11.8 Å². The van der Waals surface area contributed by atoms with Crippen LogP contribution >= 0.6 is 0 Å². The third-order valence-corrected chi connectivity index (χ3v) is 5.74. The summed E-state index contributed by atoms with van der Waals surface area (Å²) < 4.78 is 0. The topological polar surface area (TPSA) is 78.2 Å². The number of fused-ring (bicyclic) bond motifs is 1. The summed E-state index contributed by atoms with van der Waals surface area (Å²) in [5, 5.41) is 18.3. The third kappa shape index (κ3) is 2.78. The Morgan fingerprint density at radius 1 is 1.54 bits per heavy atom. The molecule has 2 aliphatic rings. The normalized spacial score (nSPS) is 32.2. The minimum absolute atomic E-state index is 0.0285. The fraction of sp³-hybridized carbons (Fsp3) is 0.550. The van der Waals surface area contributed by atoms with Gasteiger partial charge in [-0.25, -0.2) is 0 Å². The number of rotatable bonds is 4. The number of carboxylic acid groups (broad SMARTS) is 1. The van der Waals surface area contributed by atoms with Gasteiger partial charge in [0.05, 0.1) is 11.0 Å². The van der Waals surface area contributed by atoms with E-state index < -0.39 is 16.8 Å². The average Bonchev–Trinajstić information content (AvgIpc) is 2.53. The first-order valence-electron chi connectivity index (χ1n) is 8.29. The molecule has 3 atom stereocenters. The summed E-state index contributed by atoms with van der Waals surface area (Å²) in [6.07, 6.45) is 11.0. The van der Waals surface area contributed by atoms with Gasteiger partial charge in [-0.05, 0) is 54.2 Å². The van der Waals surface area contributed by atoms with Crippen LogP contribution in [0.3, 0.4) is 0 Å². The van der Waals surface area contributed by atoms with Gasteiger partial charge >= 0.3 is 5.97 Å². The zero-order valence-electron chi connectivity index (χ0n) is 14.4. The van der Waals surface area contributed by atoms with Gasteiger partial charge in [-0.3, -0.25) is 9.59 Å². The van der Waals surface area contributed by atoms with E-state index in [0.717, 1.165) is 12.0 Å². The molecule has 0 aliphatic heterocycles. The summed E-state index contributed by atoms with van der Waals surface area (Å²) in [5.74, 6) is 2.22. The van der Waals surface area contributed by atoms with Crippen LogP contribution in [-0.2, 0) is 9.59 Å². The molecule has 24 heavy (non-hydrogen) atoms. The van der Waals surface area contributed by atoms with E-state index in [4.69, 9.17) is 11.5 Å². The van der Waals surface area contributed by atoms with Crippen LogP contribution < -0.4 is 0 Å². The van der Waals surface area contributed by atoms with Crippen LogP contribution in [0.4, 0.5) is 0 Å². The van der Waals surface area contributed by atoms with Crippen LogP contribution in [-0.4, -0.2) is 16.9 Å². The van der Waals surface area contributed by atoms with Crippen molar-refractivity contribution in [3.63, 3.8) is 0 Å². The Hall–Kier alpha value is -2.33. The van der Waals surface area contributed by atoms with Gasteiger partial charge in [-0.2, -0.15) is 5.26 Å². The van der Waals surface area contributed by atoms with Crippen molar-refractivity contribution in [3.05, 3.63) is 23.3 Å². The minimum atomic E-state index is -0.855. The van der Waals surface area contributed by atoms with Gasteiger partial charge in [0.1, 0.15) is 6.07 Å². The lowest BCUT2D eigenvalue weighted by atomic mass is 9.50. The van der Waals surface area contributed by atoms with E-state index in [9.17, 15) is 14.9 Å². The van der Waals surface area contributed by atoms with E-state index in [2.05, 4.69) is 19.8 Å². The number of aliphatic carboxylic acids is 1. The third-order valence-electron chi connectivity index (χ3n) is 5.74. The Bertz CT molecular complexity index is 716. The van der Waals surface area contributed by atoms with Crippen molar-refractivity contribution in [1.82, 2.24) is 0 Å². The number of hydrogen-bond acceptors (Lipinski definition) is 3. The van der Waals surface area contributed by atoms with Crippen LogP contribution in [0, 0.1) is 46.3 Å². The lowest BCUT2D eigenvalue weighted by Gasteiger charge is -2.53. The van der Waals surface area contributed by atoms with E-state index in [-0.39, 0.29) is 23.7 Å². The molecule has 4 heteroatoms. The second-order valence-corrected chi connectivity index (χ2v) is 7.41. The van der Waals surface area contributed by atoms with Crippen molar-refractivity contribution in [2.75, 3.05) is 0 Å². The summed E-state index contributed by atoms with van der Waals surface area (Å²) in [6, 6.07) is 1.93. The maximum Gasteiger partial charge on any atom is 0.303 e. The molecule has 0 amide bonds. The van der Waals surface area contributed by atoms with Gasteiger partial charge in [-0.1, -0.05) is 26.7 Å². The Kier molecular flexibility index (Phi) is 4.72. The van der Waals surface area contributed by atoms with Gasteiger partial charge in [0.25, 0.3) is 0 Å². The van der Waals surface area contributed by atoms with Gasteiger partial charge in [0, 0.05) is 6.42 Å². The largest absolute Gasteiger partial charge is 0.481 e. The first-order chi connectivity index (χ1) is 11.2. The molecule has 0 bridgehead atoms. The monoisotopic (exact) mass is 325 g/mol. The molecule has 0 radical (unpaired) electrons. The van der Waals surface area contributed by atoms with Crippen molar-refractivity contribution in [1.29, 1.82) is 5.26 Å². The van der Waals surface area contributed by atoms with E-state index in [1.54, 1.807) is 6.08 Å². The summed E-state index contributed by atoms with van der Waals surface area (Å²) in [7, 11) is 0. The second-order valence-electron chi connectivity index (χ2n) is 7.41. The highest BCUT2D eigenvalue weighted by atomic mass is 16.4. The van der Waals surface area contributed by atoms with Gasteiger partial charge in [0.15, 0.2) is 5.78 Å². The van der Waals surface area contributed by atoms with Gasteiger partial charge < -0.3 is 5.11 Å². The van der Waals surface area contributed by atoms with Crippen LogP contribution in [0.25, 0.3) is 0 Å². The maximum absolute atomic E-state index is 12.3. The number of carbonyl (C=O) groups is 2. The molecule has 0 heterocycles. The fourth-order valence-electron chi connectivity index (χ4n) is 4.55. The number of carbonyl (C=O) groups excluding carboxylic acids is 1. The predicted octanol–water partition coefficient (Wildman–Crippen LogP) is 3.50. The highest BCUT2D eigenvalue weighted by molar-refractivity contribution is 6.09. The first kappa shape index (κ1) is 18.0.